The van der Waals surface area contributed by atoms with Gasteiger partial charge in [-0.2, -0.15) is 0 Å². The number of hydrogen-bond donors (Lipinski definition) is 1. The van der Waals surface area contributed by atoms with Gasteiger partial charge in [0, 0.05) is 26.2 Å². The molecule has 0 bridgehead atoms. The molecule has 0 radical (unpaired) electrons. The van der Waals surface area contributed by atoms with Crippen molar-refractivity contribution in [1.82, 2.24) is 14.7 Å². The summed E-state index contributed by atoms with van der Waals surface area (Å²) in [5.74, 6) is 0.171. The van der Waals surface area contributed by atoms with Gasteiger partial charge in [0.05, 0.1) is 6.54 Å². The SMILES string of the molecule is CCCCCCCCCCCCN(CCCCCCCCCCCC)CC(=O)N1CCN(C(=O)O)CC1. The van der Waals surface area contributed by atoms with E-state index in [1.807, 2.05) is 4.90 Å². The first-order chi connectivity index (χ1) is 18.1. The van der Waals surface area contributed by atoms with Crippen LogP contribution in [0.25, 0.3) is 0 Å². The highest BCUT2D eigenvalue weighted by Crippen LogP contribution is 2.13. The first kappa shape index (κ1) is 33.7. The van der Waals surface area contributed by atoms with Crippen LogP contribution in [0, 0.1) is 0 Å². The minimum absolute atomic E-state index is 0.171. The summed E-state index contributed by atoms with van der Waals surface area (Å²) in [5, 5.41) is 9.17. The van der Waals surface area contributed by atoms with Crippen molar-refractivity contribution in [3.05, 3.63) is 0 Å². The first-order valence-corrected chi connectivity index (χ1v) is 16.1. The lowest BCUT2D eigenvalue weighted by Gasteiger charge is -2.34. The van der Waals surface area contributed by atoms with Gasteiger partial charge in [-0.05, 0) is 25.9 Å². The molecule has 6 heteroatoms. The largest absolute Gasteiger partial charge is 0.465 e. The molecular weight excluding hydrogens is 462 g/mol. The molecule has 218 valence electrons. The van der Waals surface area contributed by atoms with Gasteiger partial charge >= 0.3 is 6.09 Å². The summed E-state index contributed by atoms with van der Waals surface area (Å²) >= 11 is 0. The molecule has 1 N–H and O–H groups in total. The van der Waals surface area contributed by atoms with E-state index in [9.17, 15) is 9.59 Å². The molecule has 0 spiro atoms. The highest BCUT2D eigenvalue weighted by Gasteiger charge is 2.24. The molecule has 0 aromatic carbocycles. The van der Waals surface area contributed by atoms with E-state index in [0.29, 0.717) is 32.7 Å². The van der Waals surface area contributed by atoms with Crippen molar-refractivity contribution < 1.29 is 14.7 Å². The van der Waals surface area contributed by atoms with Crippen LogP contribution in [0.3, 0.4) is 0 Å². The summed E-state index contributed by atoms with van der Waals surface area (Å²) in [6.07, 6.45) is 25.8. The molecule has 1 rings (SSSR count). The van der Waals surface area contributed by atoms with Crippen LogP contribution in [0.4, 0.5) is 4.79 Å². The molecule has 2 amide bonds. The molecule has 1 aliphatic heterocycles. The van der Waals surface area contributed by atoms with Crippen molar-refractivity contribution in [2.24, 2.45) is 0 Å². The Labute approximate surface area is 229 Å². The summed E-state index contributed by atoms with van der Waals surface area (Å²) < 4.78 is 0. The highest BCUT2D eigenvalue weighted by atomic mass is 16.4. The number of hydrogen-bond acceptors (Lipinski definition) is 3. The predicted molar refractivity (Wildman–Crippen MR) is 156 cm³/mol. The van der Waals surface area contributed by atoms with E-state index in [1.165, 1.54) is 133 Å². The Balaban J connectivity index is 2.27. The van der Waals surface area contributed by atoms with Gasteiger partial charge in [-0.25, -0.2) is 4.79 Å². The number of piperazine rings is 1. The van der Waals surface area contributed by atoms with E-state index in [-0.39, 0.29) is 5.91 Å². The topological polar surface area (TPSA) is 64.1 Å². The fraction of sp³-hybridized carbons (Fsp3) is 0.935. The van der Waals surface area contributed by atoms with Gasteiger partial charge in [-0.3, -0.25) is 9.69 Å². The van der Waals surface area contributed by atoms with E-state index in [4.69, 9.17) is 5.11 Å². The van der Waals surface area contributed by atoms with E-state index in [1.54, 1.807) is 0 Å². The quantitative estimate of drug-likeness (QED) is 0.130. The van der Waals surface area contributed by atoms with Crippen LogP contribution in [0.5, 0.6) is 0 Å². The van der Waals surface area contributed by atoms with Gasteiger partial charge in [0.2, 0.25) is 5.91 Å². The Bertz CT molecular complexity index is 526. The van der Waals surface area contributed by atoms with Crippen LogP contribution in [0.2, 0.25) is 0 Å². The standard InChI is InChI=1S/C31H61N3O3/c1-3-5-7-9-11-13-15-17-19-21-23-32(24-22-20-18-16-14-12-10-8-6-4-2)29-30(35)33-25-27-34(28-26-33)31(36)37/h3-29H2,1-2H3,(H,36,37). The summed E-state index contributed by atoms with van der Waals surface area (Å²) in [6, 6.07) is 0. The number of amides is 2. The summed E-state index contributed by atoms with van der Waals surface area (Å²) in [7, 11) is 0. The normalized spacial score (nSPS) is 14.0. The number of carboxylic acid groups (broad SMARTS) is 1. The molecule has 6 nitrogen and oxygen atoms in total. The molecule has 0 saturated carbocycles. The first-order valence-electron chi connectivity index (χ1n) is 16.1. The molecule has 1 saturated heterocycles. The predicted octanol–water partition coefficient (Wildman–Crippen LogP) is 7.95. The van der Waals surface area contributed by atoms with Gasteiger partial charge in [-0.15, -0.1) is 0 Å². The Hall–Kier alpha value is -1.30. The third kappa shape index (κ3) is 18.6. The van der Waals surface area contributed by atoms with Crippen LogP contribution in [0.1, 0.15) is 142 Å². The fourth-order valence-corrected chi connectivity index (χ4v) is 5.35. The van der Waals surface area contributed by atoms with E-state index in [0.717, 1.165) is 13.1 Å². The minimum Gasteiger partial charge on any atom is -0.465 e. The molecule has 37 heavy (non-hydrogen) atoms. The number of nitrogens with zero attached hydrogens (tertiary/aromatic N) is 3. The van der Waals surface area contributed by atoms with Gasteiger partial charge < -0.3 is 14.9 Å². The third-order valence-electron chi connectivity index (χ3n) is 7.92. The van der Waals surface area contributed by atoms with Gasteiger partial charge in [-0.1, -0.05) is 129 Å². The van der Waals surface area contributed by atoms with Gasteiger partial charge in [0.15, 0.2) is 0 Å². The molecule has 0 aromatic rings. The van der Waals surface area contributed by atoms with Crippen LogP contribution in [-0.2, 0) is 4.79 Å². The lowest BCUT2D eigenvalue weighted by molar-refractivity contribution is -0.134. The summed E-state index contributed by atoms with van der Waals surface area (Å²) in [4.78, 5) is 29.8. The molecule has 1 heterocycles. The average Bonchev–Trinajstić information content (AvgIpc) is 2.90. The smallest absolute Gasteiger partial charge is 0.407 e. The highest BCUT2D eigenvalue weighted by molar-refractivity contribution is 5.78. The molecule has 0 unspecified atom stereocenters. The number of rotatable bonds is 24. The Kier molecular flexibility index (Phi) is 21.7. The average molecular weight is 524 g/mol. The maximum atomic E-state index is 13.0. The van der Waals surface area contributed by atoms with Crippen molar-refractivity contribution in [3.63, 3.8) is 0 Å². The van der Waals surface area contributed by atoms with Gasteiger partial charge in [0.1, 0.15) is 0 Å². The lowest BCUT2D eigenvalue weighted by atomic mass is 10.1. The zero-order valence-corrected chi connectivity index (χ0v) is 24.7. The number of unbranched alkanes of at least 4 members (excludes halogenated alkanes) is 18. The van der Waals surface area contributed by atoms with Crippen molar-refractivity contribution >= 4 is 12.0 Å². The molecule has 1 fully saturated rings. The molecular formula is C31H61N3O3. The number of carbonyl (C=O) groups is 2. The second-order valence-corrected chi connectivity index (χ2v) is 11.3. The third-order valence-corrected chi connectivity index (χ3v) is 7.92. The fourth-order valence-electron chi connectivity index (χ4n) is 5.35. The summed E-state index contributed by atoms with van der Waals surface area (Å²) in [5.41, 5.74) is 0. The Morgan fingerprint density at radius 1 is 0.541 bits per heavy atom. The van der Waals surface area contributed by atoms with Crippen LogP contribution in [-0.4, -0.2) is 77.6 Å². The van der Waals surface area contributed by atoms with Crippen molar-refractivity contribution in [2.75, 3.05) is 45.8 Å². The molecule has 0 aliphatic carbocycles. The molecule has 1 aliphatic rings. The number of carbonyl (C=O) groups excluding carboxylic acids is 1. The van der Waals surface area contributed by atoms with Crippen LogP contribution in [0.15, 0.2) is 0 Å². The lowest BCUT2D eigenvalue weighted by Crippen LogP contribution is -2.52. The maximum absolute atomic E-state index is 13.0. The second-order valence-electron chi connectivity index (χ2n) is 11.3. The van der Waals surface area contributed by atoms with Crippen molar-refractivity contribution in [1.29, 1.82) is 0 Å². The van der Waals surface area contributed by atoms with E-state index in [2.05, 4.69) is 18.7 Å². The van der Waals surface area contributed by atoms with Crippen molar-refractivity contribution in [3.8, 4) is 0 Å². The zero-order chi connectivity index (χ0) is 27.0. The van der Waals surface area contributed by atoms with E-state index >= 15 is 0 Å². The van der Waals surface area contributed by atoms with E-state index < -0.39 is 6.09 Å². The second kappa shape index (κ2) is 23.8. The Morgan fingerprint density at radius 2 is 0.865 bits per heavy atom. The van der Waals surface area contributed by atoms with Crippen LogP contribution >= 0.6 is 0 Å². The maximum Gasteiger partial charge on any atom is 0.407 e. The monoisotopic (exact) mass is 523 g/mol. The molecule has 0 aromatic heterocycles. The minimum atomic E-state index is -0.879. The van der Waals surface area contributed by atoms with Crippen molar-refractivity contribution in [2.45, 2.75) is 142 Å². The zero-order valence-electron chi connectivity index (χ0n) is 24.7. The summed E-state index contributed by atoms with van der Waals surface area (Å²) in [6.45, 7) is 8.95. The van der Waals surface area contributed by atoms with Gasteiger partial charge in [0.25, 0.3) is 0 Å². The van der Waals surface area contributed by atoms with Crippen LogP contribution < -0.4 is 0 Å². The Morgan fingerprint density at radius 3 is 1.22 bits per heavy atom. The molecule has 0 atom stereocenters.